The minimum absolute atomic E-state index is 0.294. The number of nitrogens with one attached hydrogen (secondary N) is 1. The van der Waals surface area contributed by atoms with Gasteiger partial charge in [-0.15, -0.1) is 0 Å². The van der Waals surface area contributed by atoms with E-state index in [4.69, 9.17) is 0 Å². The molecule has 2 heterocycles. The van der Waals surface area contributed by atoms with Gasteiger partial charge < -0.3 is 9.55 Å². The van der Waals surface area contributed by atoms with Crippen molar-refractivity contribution in [1.82, 2.24) is 19.5 Å². The largest absolute Gasteiger partial charge is 0.342 e. The summed E-state index contributed by atoms with van der Waals surface area (Å²) in [7, 11) is 0. The number of H-pyrrole nitrogens is 1. The van der Waals surface area contributed by atoms with Crippen LogP contribution in [-0.2, 0) is 6.54 Å². The van der Waals surface area contributed by atoms with E-state index in [0.717, 1.165) is 29.2 Å². The lowest BCUT2D eigenvalue weighted by atomic mass is 10.0. The lowest BCUT2D eigenvalue weighted by Crippen LogP contribution is -2.02. The molecular weight excluding hydrogens is 346 g/mol. The van der Waals surface area contributed by atoms with Crippen LogP contribution in [0.4, 0.5) is 8.78 Å². The summed E-state index contributed by atoms with van der Waals surface area (Å²) in [5.41, 5.74) is 4.24. The quantitative estimate of drug-likeness (QED) is 0.530. The van der Waals surface area contributed by atoms with E-state index in [1.807, 2.05) is 31.5 Å². The fourth-order valence-electron chi connectivity index (χ4n) is 3.33. The molecule has 4 aromatic rings. The summed E-state index contributed by atoms with van der Waals surface area (Å²) in [5.74, 6) is -0.0686. The van der Waals surface area contributed by atoms with Gasteiger partial charge in [0.05, 0.1) is 28.7 Å². The number of nitrogens with zero attached hydrogens (tertiary/aromatic N) is 3. The van der Waals surface area contributed by atoms with Crippen molar-refractivity contribution in [2.75, 3.05) is 0 Å². The Morgan fingerprint density at radius 3 is 2.67 bits per heavy atom. The zero-order valence-electron chi connectivity index (χ0n) is 15.4. The molecule has 6 heteroatoms. The highest BCUT2D eigenvalue weighted by Gasteiger charge is 2.17. The fraction of sp³-hybridized carbons (Fsp3) is 0.238. The van der Waals surface area contributed by atoms with Gasteiger partial charge in [-0.1, -0.05) is 19.9 Å². The van der Waals surface area contributed by atoms with Crippen LogP contribution in [0.2, 0.25) is 0 Å². The van der Waals surface area contributed by atoms with Gasteiger partial charge in [0.1, 0.15) is 17.5 Å². The van der Waals surface area contributed by atoms with Gasteiger partial charge in [-0.05, 0) is 37.1 Å². The van der Waals surface area contributed by atoms with E-state index in [2.05, 4.69) is 33.4 Å². The first-order valence-corrected chi connectivity index (χ1v) is 8.89. The lowest BCUT2D eigenvalue weighted by Gasteiger charge is -2.09. The van der Waals surface area contributed by atoms with Crippen LogP contribution >= 0.6 is 0 Å². The molecule has 0 saturated heterocycles. The lowest BCUT2D eigenvalue weighted by molar-refractivity contribution is 0.533. The fourth-order valence-corrected chi connectivity index (χ4v) is 3.33. The monoisotopic (exact) mass is 366 g/mol. The van der Waals surface area contributed by atoms with E-state index in [1.165, 1.54) is 12.1 Å². The van der Waals surface area contributed by atoms with Gasteiger partial charge in [0.15, 0.2) is 0 Å². The summed E-state index contributed by atoms with van der Waals surface area (Å²) in [5, 5.41) is 0. The topological polar surface area (TPSA) is 46.5 Å². The van der Waals surface area contributed by atoms with E-state index in [9.17, 15) is 8.78 Å². The van der Waals surface area contributed by atoms with E-state index in [0.29, 0.717) is 28.7 Å². The van der Waals surface area contributed by atoms with Crippen LogP contribution in [0, 0.1) is 24.5 Å². The molecule has 2 aromatic heterocycles. The first-order valence-electron chi connectivity index (χ1n) is 8.89. The second kappa shape index (κ2) is 6.61. The van der Waals surface area contributed by atoms with Crippen molar-refractivity contribution in [1.29, 1.82) is 0 Å². The molecule has 4 rings (SSSR count). The Morgan fingerprint density at radius 2 is 1.93 bits per heavy atom. The number of halogens is 2. The Balaban J connectivity index is 1.86. The first-order chi connectivity index (χ1) is 12.9. The van der Waals surface area contributed by atoms with Crippen molar-refractivity contribution >= 4 is 11.0 Å². The zero-order valence-corrected chi connectivity index (χ0v) is 15.4. The molecular formula is C21H20F2N4. The molecule has 0 fully saturated rings. The molecule has 1 N–H and O–H groups in total. The highest BCUT2D eigenvalue weighted by Crippen LogP contribution is 2.33. The van der Waals surface area contributed by atoms with Crippen LogP contribution in [0.5, 0.6) is 0 Å². The smallest absolute Gasteiger partial charge is 0.135 e. The molecule has 0 saturated carbocycles. The number of fused-ring (bicyclic) bond motifs is 1. The molecule has 0 unspecified atom stereocenters. The number of aromatic amines is 1. The maximum Gasteiger partial charge on any atom is 0.135 e. The average molecular weight is 366 g/mol. The summed E-state index contributed by atoms with van der Waals surface area (Å²) in [6.45, 7) is 6.99. The molecule has 0 spiro atoms. The number of aryl methyl sites for hydroxylation is 1. The van der Waals surface area contributed by atoms with E-state index in [1.54, 1.807) is 0 Å². The molecule has 2 aromatic carbocycles. The van der Waals surface area contributed by atoms with Crippen molar-refractivity contribution in [2.24, 2.45) is 5.92 Å². The normalized spacial score (nSPS) is 11.6. The van der Waals surface area contributed by atoms with Crippen molar-refractivity contribution in [3.05, 3.63) is 60.2 Å². The minimum Gasteiger partial charge on any atom is -0.342 e. The number of hydrogen-bond donors (Lipinski definition) is 1. The van der Waals surface area contributed by atoms with Gasteiger partial charge in [-0.3, -0.25) is 0 Å². The molecule has 0 aliphatic carbocycles. The highest BCUT2D eigenvalue weighted by atomic mass is 19.1. The Kier molecular flexibility index (Phi) is 4.26. The van der Waals surface area contributed by atoms with Crippen molar-refractivity contribution in [3.8, 4) is 22.5 Å². The summed E-state index contributed by atoms with van der Waals surface area (Å²) >= 11 is 0. The molecule has 0 bridgehead atoms. The maximum atomic E-state index is 14.4. The van der Waals surface area contributed by atoms with Crippen molar-refractivity contribution in [2.45, 2.75) is 27.3 Å². The van der Waals surface area contributed by atoms with Crippen LogP contribution in [0.1, 0.15) is 19.7 Å². The molecule has 0 atom stereocenters. The molecule has 4 nitrogen and oxygen atoms in total. The molecule has 0 amide bonds. The van der Waals surface area contributed by atoms with Gasteiger partial charge in [0.2, 0.25) is 0 Å². The standard InChI is InChI=1S/C21H20F2N4/c1-12(2)10-27-11-24-18-7-4-14(8-19(18)27)20-21(26-13(3)25-20)16-6-5-15(22)9-17(16)23/h4-9,11-12H,10H2,1-3H3,(H,25,26). The summed E-state index contributed by atoms with van der Waals surface area (Å²) in [4.78, 5) is 12.1. The van der Waals surface area contributed by atoms with Crippen LogP contribution in [-0.4, -0.2) is 19.5 Å². The van der Waals surface area contributed by atoms with Gasteiger partial charge in [-0.25, -0.2) is 18.7 Å². The van der Waals surface area contributed by atoms with Crippen LogP contribution in [0.25, 0.3) is 33.5 Å². The minimum atomic E-state index is -0.620. The number of benzene rings is 2. The van der Waals surface area contributed by atoms with Crippen molar-refractivity contribution < 1.29 is 8.78 Å². The van der Waals surface area contributed by atoms with Gasteiger partial charge in [0, 0.05) is 23.7 Å². The average Bonchev–Trinajstić information content (AvgIpc) is 3.18. The predicted octanol–water partition coefficient (Wildman–Crippen LogP) is 5.34. The highest BCUT2D eigenvalue weighted by molar-refractivity contribution is 5.86. The summed E-state index contributed by atoms with van der Waals surface area (Å²) in [6.07, 6.45) is 1.84. The Labute approximate surface area is 155 Å². The van der Waals surface area contributed by atoms with E-state index < -0.39 is 11.6 Å². The third-order valence-electron chi connectivity index (χ3n) is 4.48. The van der Waals surface area contributed by atoms with Gasteiger partial charge >= 0.3 is 0 Å². The van der Waals surface area contributed by atoms with Gasteiger partial charge in [-0.2, -0.15) is 0 Å². The number of rotatable bonds is 4. The number of imidazole rings is 2. The molecule has 138 valence electrons. The SMILES string of the molecule is Cc1nc(-c2ccc3ncn(CC(C)C)c3c2)c(-c2ccc(F)cc2F)[nH]1. The van der Waals surface area contributed by atoms with Crippen LogP contribution < -0.4 is 0 Å². The Bertz CT molecular complexity index is 1120. The molecule has 27 heavy (non-hydrogen) atoms. The Hall–Kier alpha value is -3.02. The number of aromatic nitrogens is 4. The van der Waals surface area contributed by atoms with Crippen LogP contribution in [0.3, 0.4) is 0 Å². The van der Waals surface area contributed by atoms with E-state index in [-0.39, 0.29) is 0 Å². The summed E-state index contributed by atoms with van der Waals surface area (Å²) in [6, 6.07) is 9.45. The van der Waals surface area contributed by atoms with Crippen molar-refractivity contribution in [3.63, 3.8) is 0 Å². The molecule has 0 aliphatic rings. The second-order valence-corrected chi connectivity index (χ2v) is 7.16. The summed E-state index contributed by atoms with van der Waals surface area (Å²) < 4.78 is 29.8. The second-order valence-electron chi connectivity index (χ2n) is 7.16. The maximum absolute atomic E-state index is 14.4. The Morgan fingerprint density at radius 1 is 1.11 bits per heavy atom. The third kappa shape index (κ3) is 3.23. The van der Waals surface area contributed by atoms with Gasteiger partial charge in [0.25, 0.3) is 0 Å². The van der Waals surface area contributed by atoms with E-state index >= 15 is 0 Å². The van der Waals surface area contributed by atoms with Crippen LogP contribution in [0.15, 0.2) is 42.7 Å². The predicted molar refractivity (Wildman–Crippen MR) is 102 cm³/mol. The molecule has 0 radical (unpaired) electrons. The first kappa shape index (κ1) is 17.4. The third-order valence-corrected chi connectivity index (χ3v) is 4.48. The number of hydrogen-bond acceptors (Lipinski definition) is 2. The molecule has 0 aliphatic heterocycles. The zero-order chi connectivity index (χ0) is 19.1.